The Bertz CT molecular complexity index is 1250. The maximum atomic E-state index is 4.33. The van der Waals surface area contributed by atoms with Crippen LogP contribution in [0.4, 0.5) is 17.1 Å². The van der Waals surface area contributed by atoms with Crippen LogP contribution < -0.4 is 9.80 Å². The summed E-state index contributed by atoms with van der Waals surface area (Å²) in [5, 5.41) is 1.60. The summed E-state index contributed by atoms with van der Waals surface area (Å²) in [7, 11) is 2.21. The summed E-state index contributed by atoms with van der Waals surface area (Å²) in [5.74, 6) is 2.16. The van der Waals surface area contributed by atoms with Gasteiger partial charge in [-0.1, -0.05) is 92.4 Å². The number of fused-ring (bicyclic) bond motifs is 2. The quantitative estimate of drug-likeness (QED) is 0.174. The molecule has 3 aromatic carbocycles. The van der Waals surface area contributed by atoms with E-state index in [1.807, 2.05) is 23.5 Å². The van der Waals surface area contributed by atoms with Gasteiger partial charge in [-0.15, -0.1) is 11.8 Å². The van der Waals surface area contributed by atoms with Crippen molar-refractivity contribution >= 4 is 58.8 Å². The zero-order valence-electron chi connectivity index (χ0n) is 22.3. The van der Waals surface area contributed by atoms with Crippen LogP contribution in [0, 0.1) is 0 Å². The third-order valence-corrected chi connectivity index (χ3v) is 9.92. The van der Waals surface area contributed by atoms with Gasteiger partial charge in [-0.05, 0) is 72.4 Å². The van der Waals surface area contributed by atoms with Crippen molar-refractivity contribution in [1.29, 1.82) is 0 Å². The molecule has 0 bridgehead atoms. The molecule has 38 heavy (non-hydrogen) atoms. The summed E-state index contributed by atoms with van der Waals surface area (Å²) in [5.41, 5.74) is 6.42. The zero-order valence-corrected chi connectivity index (χ0v) is 24.8. The van der Waals surface area contributed by atoms with E-state index in [9.17, 15) is 0 Å². The van der Waals surface area contributed by atoms with Crippen molar-refractivity contribution in [2.75, 3.05) is 28.4 Å². The van der Waals surface area contributed by atoms with Gasteiger partial charge < -0.3 is 9.80 Å². The Hall–Kier alpha value is -2.21. The lowest BCUT2D eigenvalue weighted by molar-refractivity contribution is 0.605. The molecule has 0 aliphatic carbocycles. The largest absolute Gasteiger partial charge is 0.358 e. The molecule has 2 heterocycles. The smallest absolute Gasteiger partial charge is 0.0988 e. The van der Waals surface area contributed by atoms with Gasteiger partial charge >= 0.3 is 0 Å². The number of benzene rings is 3. The molecule has 1 atom stereocenters. The second-order valence-corrected chi connectivity index (χ2v) is 12.6. The lowest BCUT2D eigenvalue weighted by Gasteiger charge is -2.34. The summed E-state index contributed by atoms with van der Waals surface area (Å²) >= 11 is 8.27. The number of para-hydroxylation sites is 3. The molecule has 2 aliphatic rings. The third-order valence-electron chi connectivity index (χ3n) is 7.22. The minimum Gasteiger partial charge on any atom is -0.358 e. The summed E-state index contributed by atoms with van der Waals surface area (Å²) in [6, 6.07) is 28.4. The van der Waals surface area contributed by atoms with Crippen molar-refractivity contribution in [3.8, 4) is 0 Å². The number of rotatable bonds is 12. The molecule has 2 nitrogen and oxygen atoms in total. The van der Waals surface area contributed by atoms with E-state index in [-0.39, 0.29) is 5.37 Å². The molecule has 0 fully saturated rings. The molecule has 3 aromatic rings. The SMILES string of the molecule is CN1c2ccccc2SC1C=C1C=C(SCCCCCCCCCS)N(c2ccccc2)c2ccccc21. The van der Waals surface area contributed by atoms with Crippen LogP contribution >= 0.6 is 36.2 Å². The second kappa shape index (κ2) is 13.7. The van der Waals surface area contributed by atoms with Crippen molar-refractivity contribution in [3.63, 3.8) is 0 Å². The van der Waals surface area contributed by atoms with Crippen molar-refractivity contribution < 1.29 is 0 Å². The summed E-state index contributed by atoms with van der Waals surface area (Å²) in [4.78, 5) is 6.21. The predicted octanol–water partition coefficient (Wildman–Crippen LogP) is 10.0. The van der Waals surface area contributed by atoms with E-state index in [4.69, 9.17) is 0 Å². The van der Waals surface area contributed by atoms with Crippen LogP contribution in [-0.4, -0.2) is 23.9 Å². The molecule has 0 saturated carbocycles. The first kappa shape index (κ1) is 27.4. The average Bonchev–Trinajstić information content (AvgIpc) is 3.27. The molecular weight excluding hydrogens is 521 g/mol. The molecule has 5 rings (SSSR count). The minimum atomic E-state index is 0.281. The molecule has 0 spiro atoms. The molecule has 5 heteroatoms. The van der Waals surface area contributed by atoms with Crippen LogP contribution in [0.15, 0.2) is 101 Å². The maximum Gasteiger partial charge on any atom is 0.0988 e. The Balaban J connectivity index is 1.36. The Morgan fingerprint density at radius 3 is 2.21 bits per heavy atom. The molecule has 198 valence electrons. The number of allylic oxidation sites excluding steroid dienone is 2. The first-order chi connectivity index (χ1) is 18.8. The van der Waals surface area contributed by atoms with Gasteiger partial charge in [0, 0.05) is 23.2 Å². The van der Waals surface area contributed by atoms with E-state index >= 15 is 0 Å². The summed E-state index contributed by atoms with van der Waals surface area (Å²) in [6.45, 7) is 0. The molecule has 0 amide bonds. The van der Waals surface area contributed by atoms with Crippen LogP contribution in [0.2, 0.25) is 0 Å². The van der Waals surface area contributed by atoms with E-state index in [1.54, 1.807) is 0 Å². The molecule has 0 radical (unpaired) electrons. The number of thioether (sulfide) groups is 2. The average molecular weight is 559 g/mol. The van der Waals surface area contributed by atoms with Gasteiger partial charge in [-0.2, -0.15) is 12.6 Å². The number of likely N-dealkylation sites (N-methyl/N-ethyl adjacent to an activating group) is 1. The molecule has 1 unspecified atom stereocenters. The minimum absolute atomic E-state index is 0.281. The standard InChI is InChI=1S/C33H38N2S3/c1-34-30-20-12-13-21-31(30)38-32(34)24-26-25-33(37-23-15-6-4-2-3-5-14-22-36)35(27-16-8-7-9-17-27)29-19-11-10-18-28(26)29/h7-13,16-21,24-25,32,36H,2-6,14-15,22-23H2,1H3. The van der Waals surface area contributed by atoms with Crippen molar-refractivity contribution in [3.05, 3.63) is 102 Å². The van der Waals surface area contributed by atoms with Gasteiger partial charge in [0.15, 0.2) is 0 Å². The Morgan fingerprint density at radius 1 is 0.789 bits per heavy atom. The number of unbranched alkanes of at least 4 members (excludes halogenated alkanes) is 6. The highest BCUT2D eigenvalue weighted by molar-refractivity contribution is 8.03. The second-order valence-electron chi connectivity index (χ2n) is 9.93. The third kappa shape index (κ3) is 6.50. The van der Waals surface area contributed by atoms with Gasteiger partial charge in [0.25, 0.3) is 0 Å². The van der Waals surface area contributed by atoms with Crippen LogP contribution in [0.5, 0.6) is 0 Å². The van der Waals surface area contributed by atoms with E-state index in [0.29, 0.717) is 0 Å². The fourth-order valence-corrected chi connectivity index (χ4v) is 7.72. The monoisotopic (exact) mass is 558 g/mol. The molecule has 2 aliphatic heterocycles. The fourth-order valence-electron chi connectivity index (χ4n) is 5.16. The highest BCUT2D eigenvalue weighted by Crippen LogP contribution is 2.47. The van der Waals surface area contributed by atoms with Crippen LogP contribution in [-0.2, 0) is 0 Å². The number of anilines is 3. The fraction of sp³-hybridized carbons (Fsp3) is 0.333. The zero-order chi connectivity index (χ0) is 26.2. The first-order valence-electron chi connectivity index (χ1n) is 13.9. The lowest BCUT2D eigenvalue weighted by Crippen LogP contribution is -2.24. The van der Waals surface area contributed by atoms with Crippen LogP contribution in [0.25, 0.3) is 5.57 Å². The number of hydrogen-bond acceptors (Lipinski definition) is 5. The molecule has 0 saturated heterocycles. The van der Waals surface area contributed by atoms with E-state index in [0.717, 1.165) is 11.5 Å². The Labute approximate surface area is 243 Å². The number of hydrogen-bond donors (Lipinski definition) is 1. The normalized spacial score (nSPS) is 17.5. The van der Waals surface area contributed by atoms with E-state index in [1.165, 1.54) is 83.1 Å². The number of thiol groups is 1. The summed E-state index contributed by atoms with van der Waals surface area (Å²) in [6.07, 6.45) is 14.1. The molecular formula is C33H38N2S3. The number of nitrogens with zero attached hydrogens (tertiary/aromatic N) is 2. The molecule has 0 N–H and O–H groups in total. The van der Waals surface area contributed by atoms with Gasteiger partial charge in [0.1, 0.15) is 0 Å². The highest BCUT2D eigenvalue weighted by Gasteiger charge is 2.29. The Kier molecular flexibility index (Phi) is 9.88. The Morgan fingerprint density at radius 2 is 1.45 bits per heavy atom. The lowest BCUT2D eigenvalue weighted by atomic mass is 9.98. The molecule has 0 aromatic heterocycles. The van der Waals surface area contributed by atoms with Crippen molar-refractivity contribution in [2.24, 2.45) is 0 Å². The maximum absolute atomic E-state index is 4.33. The van der Waals surface area contributed by atoms with Crippen molar-refractivity contribution in [1.82, 2.24) is 0 Å². The topological polar surface area (TPSA) is 6.48 Å². The van der Waals surface area contributed by atoms with Gasteiger partial charge in [-0.3, -0.25) is 0 Å². The van der Waals surface area contributed by atoms with Gasteiger partial charge in [-0.25, -0.2) is 0 Å². The van der Waals surface area contributed by atoms with E-state index < -0.39 is 0 Å². The van der Waals surface area contributed by atoms with Crippen molar-refractivity contribution in [2.45, 2.75) is 55.2 Å². The van der Waals surface area contributed by atoms with Gasteiger partial charge in [0.05, 0.1) is 21.8 Å². The summed E-state index contributed by atoms with van der Waals surface area (Å²) < 4.78 is 0. The van der Waals surface area contributed by atoms with Crippen LogP contribution in [0.1, 0.15) is 50.5 Å². The van der Waals surface area contributed by atoms with Crippen LogP contribution in [0.3, 0.4) is 0 Å². The first-order valence-corrected chi connectivity index (χ1v) is 16.4. The highest BCUT2D eigenvalue weighted by atomic mass is 32.2. The van der Waals surface area contributed by atoms with E-state index in [2.05, 4.69) is 120 Å². The predicted molar refractivity (Wildman–Crippen MR) is 174 cm³/mol. The van der Waals surface area contributed by atoms with Gasteiger partial charge in [0.2, 0.25) is 0 Å².